The molecule has 5 rings (SSSR count). The Balaban J connectivity index is 1.32. The molecule has 172 valence electrons. The number of hydrogen-bond acceptors (Lipinski definition) is 6. The average molecular weight is 445 g/mol. The number of aromatic nitrogens is 4. The fourth-order valence-corrected chi connectivity index (χ4v) is 5.39. The first-order chi connectivity index (χ1) is 15.9. The van der Waals surface area contributed by atoms with Crippen molar-refractivity contribution in [1.29, 1.82) is 0 Å². The Hall–Kier alpha value is -3.19. The topological polar surface area (TPSA) is 102 Å². The second kappa shape index (κ2) is 8.63. The summed E-state index contributed by atoms with van der Waals surface area (Å²) in [6, 6.07) is 13.0. The van der Waals surface area contributed by atoms with Gasteiger partial charge in [-0.1, -0.05) is 19.1 Å². The fourth-order valence-electron chi connectivity index (χ4n) is 5.39. The maximum absolute atomic E-state index is 11.0. The van der Waals surface area contributed by atoms with Gasteiger partial charge >= 0.3 is 0 Å². The normalized spacial score (nSPS) is 23.1. The molecule has 4 aromatic rings. The Labute approximate surface area is 194 Å². The van der Waals surface area contributed by atoms with Crippen LogP contribution in [-0.2, 0) is 6.42 Å². The van der Waals surface area contributed by atoms with Gasteiger partial charge in [0, 0.05) is 17.6 Å². The number of benzene rings is 1. The van der Waals surface area contributed by atoms with Crippen molar-refractivity contribution in [1.82, 2.24) is 19.5 Å². The lowest BCUT2D eigenvalue weighted by Gasteiger charge is -2.24. The van der Waals surface area contributed by atoms with Crippen LogP contribution in [0.3, 0.4) is 0 Å². The van der Waals surface area contributed by atoms with Crippen molar-refractivity contribution in [3.8, 4) is 0 Å². The van der Waals surface area contributed by atoms with Gasteiger partial charge in [0.2, 0.25) is 0 Å². The zero-order valence-corrected chi connectivity index (χ0v) is 19.4. The molecule has 0 amide bonds. The highest BCUT2D eigenvalue weighted by molar-refractivity contribution is 5.86. The van der Waals surface area contributed by atoms with Crippen molar-refractivity contribution in [2.75, 3.05) is 11.1 Å². The highest BCUT2D eigenvalue weighted by Gasteiger charge is 2.41. The first-order valence-electron chi connectivity index (χ1n) is 11.8. The summed E-state index contributed by atoms with van der Waals surface area (Å²) in [6.07, 6.45) is 5.86. The molecule has 1 aromatic carbocycles. The molecule has 1 aliphatic rings. The molecular formula is C26H32N6O. The predicted octanol–water partition coefficient (Wildman–Crippen LogP) is 4.57. The van der Waals surface area contributed by atoms with Gasteiger partial charge in [-0.25, -0.2) is 15.0 Å². The predicted molar refractivity (Wildman–Crippen MR) is 133 cm³/mol. The quantitative estimate of drug-likeness (QED) is 0.403. The summed E-state index contributed by atoms with van der Waals surface area (Å²) in [4.78, 5) is 13.3. The van der Waals surface area contributed by atoms with Crippen LogP contribution in [0.2, 0.25) is 0 Å². The molecule has 7 heteroatoms. The average Bonchev–Trinajstić information content (AvgIpc) is 3.32. The molecule has 4 atom stereocenters. The number of aliphatic hydroxyl groups excluding tert-OH is 1. The van der Waals surface area contributed by atoms with E-state index in [0.717, 1.165) is 47.0 Å². The molecule has 0 bridgehead atoms. The maximum Gasteiger partial charge on any atom is 0.145 e. The van der Waals surface area contributed by atoms with Crippen LogP contribution in [0.15, 0.2) is 48.9 Å². The largest absolute Gasteiger partial charge is 0.391 e. The van der Waals surface area contributed by atoms with Crippen molar-refractivity contribution in [2.24, 2.45) is 11.8 Å². The summed E-state index contributed by atoms with van der Waals surface area (Å²) in [7, 11) is 0. The SMILES string of the molecule is CC(C)Nc1ccc2ccc(CCC3C[C@@H](O)C(n4ccc5c(N)ncnc54)[C@H]3C)cc2n1. The van der Waals surface area contributed by atoms with E-state index in [0.29, 0.717) is 23.7 Å². The van der Waals surface area contributed by atoms with Gasteiger partial charge in [-0.2, -0.15) is 0 Å². The Bertz CT molecular complexity index is 1280. The van der Waals surface area contributed by atoms with Gasteiger partial charge in [-0.15, -0.1) is 0 Å². The highest BCUT2D eigenvalue weighted by Crippen LogP contribution is 2.44. The molecule has 3 aromatic heterocycles. The van der Waals surface area contributed by atoms with Gasteiger partial charge in [0.05, 0.1) is 23.0 Å². The molecule has 1 aliphatic carbocycles. The molecule has 4 N–H and O–H groups in total. The van der Waals surface area contributed by atoms with Crippen LogP contribution >= 0.6 is 0 Å². The number of nitrogens with two attached hydrogens (primary N) is 1. The fraction of sp³-hybridized carbons (Fsp3) is 0.423. The number of nitrogens with one attached hydrogen (secondary N) is 1. The summed E-state index contributed by atoms with van der Waals surface area (Å²) in [5, 5.41) is 16.3. The second-order valence-corrected chi connectivity index (χ2v) is 9.69. The number of anilines is 2. The van der Waals surface area contributed by atoms with Crippen molar-refractivity contribution in [2.45, 2.75) is 58.2 Å². The van der Waals surface area contributed by atoms with Crippen molar-refractivity contribution in [3.63, 3.8) is 0 Å². The van der Waals surface area contributed by atoms with E-state index < -0.39 is 6.10 Å². The zero-order valence-electron chi connectivity index (χ0n) is 19.4. The van der Waals surface area contributed by atoms with Crippen molar-refractivity contribution >= 4 is 33.6 Å². The van der Waals surface area contributed by atoms with E-state index in [4.69, 9.17) is 10.7 Å². The third kappa shape index (κ3) is 4.13. The van der Waals surface area contributed by atoms with Gasteiger partial charge in [0.1, 0.15) is 23.6 Å². The van der Waals surface area contributed by atoms with E-state index >= 15 is 0 Å². The third-order valence-corrected chi connectivity index (χ3v) is 7.08. The number of rotatable bonds is 6. The van der Waals surface area contributed by atoms with Gasteiger partial charge in [0.15, 0.2) is 0 Å². The lowest BCUT2D eigenvalue weighted by molar-refractivity contribution is 0.127. The molecule has 2 unspecified atom stereocenters. The summed E-state index contributed by atoms with van der Waals surface area (Å²) < 4.78 is 2.09. The summed E-state index contributed by atoms with van der Waals surface area (Å²) in [5.41, 5.74) is 9.12. The minimum atomic E-state index is -0.403. The molecule has 7 nitrogen and oxygen atoms in total. The zero-order chi connectivity index (χ0) is 23.1. The van der Waals surface area contributed by atoms with E-state index in [1.165, 1.54) is 11.9 Å². The molecule has 33 heavy (non-hydrogen) atoms. The molecule has 1 fully saturated rings. The van der Waals surface area contributed by atoms with Crippen LogP contribution in [0.25, 0.3) is 21.9 Å². The van der Waals surface area contributed by atoms with Crippen molar-refractivity contribution < 1.29 is 5.11 Å². The summed E-state index contributed by atoms with van der Waals surface area (Å²) in [6.45, 7) is 6.48. The lowest BCUT2D eigenvalue weighted by atomic mass is 9.89. The monoisotopic (exact) mass is 444 g/mol. The van der Waals surface area contributed by atoms with Gasteiger partial charge < -0.3 is 20.7 Å². The number of nitrogens with zero attached hydrogens (tertiary/aromatic N) is 4. The van der Waals surface area contributed by atoms with E-state index in [1.807, 2.05) is 18.3 Å². The first kappa shape index (κ1) is 21.6. The Morgan fingerprint density at radius 1 is 1.18 bits per heavy atom. The van der Waals surface area contributed by atoms with Crippen LogP contribution in [0.5, 0.6) is 0 Å². The minimum Gasteiger partial charge on any atom is -0.391 e. The summed E-state index contributed by atoms with van der Waals surface area (Å²) >= 11 is 0. The minimum absolute atomic E-state index is 0.00950. The third-order valence-electron chi connectivity index (χ3n) is 7.08. The molecule has 0 saturated heterocycles. The Kier molecular flexibility index (Phi) is 5.66. The summed E-state index contributed by atoms with van der Waals surface area (Å²) in [5.74, 6) is 2.15. The van der Waals surface area contributed by atoms with E-state index in [9.17, 15) is 5.11 Å². The van der Waals surface area contributed by atoms with Gasteiger partial charge in [-0.3, -0.25) is 0 Å². The number of aryl methyl sites for hydroxylation is 1. The number of pyridine rings is 1. The number of fused-ring (bicyclic) bond motifs is 2. The highest BCUT2D eigenvalue weighted by atomic mass is 16.3. The van der Waals surface area contributed by atoms with Crippen LogP contribution in [-0.4, -0.2) is 36.8 Å². The second-order valence-electron chi connectivity index (χ2n) is 9.69. The first-order valence-corrected chi connectivity index (χ1v) is 11.8. The lowest BCUT2D eigenvalue weighted by Crippen LogP contribution is -2.22. The van der Waals surface area contributed by atoms with Crippen LogP contribution in [0, 0.1) is 11.8 Å². The molecule has 0 aliphatic heterocycles. The van der Waals surface area contributed by atoms with E-state index in [2.05, 4.69) is 64.9 Å². The number of nitrogen functional groups attached to an aromatic ring is 1. The van der Waals surface area contributed by atoms with Crippen molar-refractivity contribution in [3.05, 3.63) is 54.5 Å². The Morgan fingerprint density at radius 3 is 2.82 bits per heavy atom. The molecular weight excluding hydrogens is 412 g/mol. The molecule has 0 spiro atoms. The molecule has 1 saturated carbocycles. The van der Waals surface area contributed by atoms with E-state index in [1.54, 1.807) is 0 Å². The maximum atomic E-state index is 11.0. The molecule has 3 heterocycles. The smallest absolute Gasteiger partial charge is 0.145 e. The molecule has 0 radical (unpaired) electrons. The van der Waals surface area contributed by atoms with Crippen LogP contribution in [0.1, 0.15) is 45.2 Å². The van der Waals surface area contributed by atoms with Crippen LogP contribution < -0.4 is 11.1 Å². The van der Waals surface area contributed by atoms with Gasteiger partial charge in [-0.05, 0) is 74.8 Å². The van der Waals surface area contributed by atoms with Gasteiger partial charge in [0.25, 0.3) is 0 Å². The number of aliphatic hydroxyl groups is 1. The number of hydrogen-bond donors (Lipinski definition) is 3. The van der Waals surface area contributed by atoms with Crippen LogP contribution in [0.4, 0.5) is 11.6 Å². The standard InChI is InChI=1S/C26H32N6O/c1-15(2)30-23-9-8-18-6-4-17(12-21(18)31-23)5-7-19-13-22(33)24(16(19)3)32-11-10-20-25(27)28-14-29-26(20)32/h4,6,8-12,14-16,19,22,24,33H,5,7,13H2,1-3H3,(H,30,31)(H2,27,28,29)/t16-,19?,22+,24?/m0/s1. The Morgan fingerprint density at radius 2 is 2.00 bits per heavy atom. The van der Waals surface area contributed by atoms with E-state index in [-0.39, 0.29) is 6.04 Å².